The number of hydrogen-bond acceptors (Lipinski definition) is 2. The van der Waals surface area contributed by atoms with Crippen molar-refractivity contribution >= 4 is 33.4 Å². The van der Waals surface area contributed by atoms with Crippen LogP contribution in [0.2, 0.25) is 0 Å². The van der Waals surface area contributed by atoms with Crippen molar-refractivity contribution in [3.8, 4) is 39.6 Å². The molecule has 0 unspecified atom stereocenters. The van der Waals surface area contributed by atoms with Crippen molar-refractivity contribution in [3.63, 3.8) is 0 Å². The maximum atomic E-state index is 4.75. The molecule has 0 amide bonds. The molecular formula is C40H27N7. The fraction of sp³-hybridized carbons (Fsp3) is 0. The smallest absolute Gasteiger partial charge is 0.219 e. The first-order valence-electron chi connectivity index (χ1n) is 15.7. The molecule has 7 heteroatoms. The van der Waals surface area contributed by atoms with Crippen LogP contribution in [-0.4, -0.2) is 32.5 Å². The van der Waals surface area contributed by atoms with Gasteiger partial charge >= 0.3 is 0 Å². The van der Waals surface area contributed by atoms with Gasteiger partial charge in [0.05, 0.1) is 33.8 Å². The van der Waals surface area contributed by atoms with E-state index in [9.17, 15) is 0 Å². The van der Waals surface area contributed by atoms with Crippen LogP contribution in [0.15, 0.2) is 165 Å². The second-order valence-electron chi connectivity index (χ2n) is 11.8. The third kappa shape index (κ3) is 3.87. The van der Waals surface area contributed by atoms with Gasteiger partial charge < -0.3 is 4.57 Å². The Bertz CT molecular complexity index is 2740. The third-order valence-electron chi connectivity index (χ3n) is 9.10. The predicted octanol–water partition coefficient (Wildman–Crippen LogP) is 8.99. The van der Waals surface area contributed by atoms with E-state index >= 15 is 0 Å². The van der Waals surface area contributed by atoms with Crippen LogP contribution in [0.5, 0.6) is 0 Å². The number of rotatable bonds is 5. The monoisotopic (exact) mass is 605 g/mol. The minimum atomic E-state index is 0.871. The summed E-state index contributed by atoms with van der Waals surface area (Å²) in [5.41, 5.74) is 9.89. The SMILES string of the molecule is c1ccc(-c2cn3ccnc3n2-c2cccc(-n3c4ccccc4c4ccc(-n5c(-c6ccccc6)cn6ccnc56)cc43)c2)cc1. The van der Waals surface area contributed by atoms with Gasteiger partial charge in [0.15, 0.2) is 0 Å². The summed E-state index contributed by atoms with van der Waals surface area (Å²) in [6.45, 7) is 0. The molecule has 0 bridgehead atoms. The second-order valence-corrected chi connectivity index (χ2v) is 11.8. The first kappa shape index (κ1) is 25.7. The Kier molecular flexibility index (Phi) is 5.44. The van der Waals surface area contributed by atoms with Gasteiger partial charge in [0.25, 0.3) is 0 Å². The van der Waals surface area contributed by atoms with E-state index in [2.05, 4.69) is 156 Å². The third-order valence-corrected chi connectivity index (χ3v) is 9.10. The molecule has 0 saturated carbocycles. The number of fused-ring (bicyclic) bond motifs is 5. The number of hydrogen-bond donors (Lipinski definition) is 0. The highest BCUT2D eigenvalue weighted by Gasteiger charge is 2.19. The van der Waals surface area contributed by atoms with Crippen molar-refractivity contribution in [2.75, 3.05) is 0 Å². The van der Waals surface area contributed by atoms with Crippen LogP contribution in [-0.2, 0) is 0 Å². The van der Waals surface area contributed by atoms with Crippen molar-refractivity contribution in [2.24, 2.45) is 0 Å². The minimum Gasteiger partial charge on any atom is -0.309 e. The highest BCUT2D eigenvalue weighted by Crippen LogP contribution is 2.36. The van der Waals surface area contributed by atoms with Gasteiger partial charge in [-0.05, 0) is 36.4 Å². The Hall–Kier alpha value is -6.60. The van der Waals surface area contributed by atoms with Crippen molar-refractivity contribution in [3.05, 3.63) is 165 Å². The highest BCUT2D eigenvalue weighted by atomic mass is 15.2. The maximum absolute atomic E-state index is 4.75. The number of para-hydroxylation sites is 1. The standard InChI is InChI=1S/C40H27N7/c1-3-10-28(11-4-1)37-26-43-22-20-41-39(43)46(37)31-15-9-14-30(24-31)45-35-17-8-7-16-33(35)34-19-18-32(25-36(34)45)47-38(29-12-5-2-6-13-29)27-44-23-21-42-40(44)47/h1-27H. The van der Waals surface area contributed by atoms with Gasteiger partial charge in [-0.3, -0.25) is 17.9 Å². The highest BCUT2D eigenvalue weighted by molar-refractivity contribution is 6.09. The Balaban J connectivity index is 1.21. The molecule has 5 aromatic carbocycles. The lowest BCUT2D eigenvalue weighted by molar-refractivity contribution is 1.06. The summed E-state index contributed by atoms with van der Waals surface area (Å²) in [6.07, 6.45) is 12.0. The lowest BCUT2D eigenvalue weighted by atomic mass is 10.1. The van der Waals surface area contributed by atoms with E-state index in [4.69, 9.17) is 9.97 Å². The molecular weight excluding hydrogens is 578 g/mol. The van der Waals surface area contributed by atoms with E-state index in [-0.39, 0.29) is 0 Å². The van der Waals surface area contributed by atoms with E-state index in [0.29, 0.717) is 0 Å². The molecule has 5 aromatic heterocycles. The molecule has 0 aliphatic rings. The minimum absolute atomic E-state index is 0.871. The summed E-state index contributed by atoms with van der Waals surface area (Å²) in [5.74, 6) is 1.74. The van der Waals surface area contributed by atoms with E-state index in [1.165, 1.54) is 10.8 Å². The van der Waals surface area contributed by atoms with Crippen LogP contribution >= 0.6 is 0 Å². The predicted molar refractivity (Wildman–Crippen MR) is 188 cm³/mol. The molecule has 222 valence electrons. The summed E-state index contributed by atoms with van der Waals surface area (Å²) in [6, 6.07) is 45.1. The molecule has 7 nitrogen and oxygen atoms in total. The first-order chi connectivity index (χ1) is 23.3. The quantitative estimate of drug-likeness (QED) is 0.197. The molecule has 0 fully saturated rings. The van der Waals surface area contributed by atoms with Gasteiger partial charge in [0.2, 0.25) is 11.6 Å². The van der Waals surface area contributed by atoms with Crippen LogP contribution in [0.1, 0.15) is 0 Å². The molecule has 0 aliphatic carbocycles. The average Bonchev–Trinajstić information content (AvgIpc) is 3.94. The Morgan fingerprint density at radius 1 is 0.404 bits per heavy atom. The number of imidazole rings is 4. The van der Waals surface area contributed by atoms with Crippen LogP contribution in [0.4, 0.5) is 0 Å². The summed E-state index contributed by atoms with van der Waals surface area (Å²) in [7, 11) is 0. The van der Waals surface area contributed by atoms with E-state index in [1.807, 2.05) is 30.9 Å². The van der Waals surface area contributed by atoms with Crippen molar-refractivity contribution < 1.29 is 0 Å². The molecule has 0 atom stereocenters. The molecule has 10 rings (SSSR count). The number of nitrogens with zero attached hydrogens (tertiary/aromatic N) is 7. The summed E-state index contributed by atoms with van der Waals surface area (Å²) in [5, 5.41) is 2.41. The van der Waals surface area contributed by atoms with Gasteiger partial charge in [-0.25, -0.2) is 9.97 Å². The van der Waals surface area contributed by atoms with Crippen molar-refractivity contribution in [2.45, 2.75) is 0 Å². The molecule has 47 heavy (non-hydrogen) atoms. The Labute approximate surface area is 269 Å². The molecule has 0 aliphatic heterocycles. The van der Waals surface area contributed by atoms with Gasteiger partial charge in [-0.1, -0.05) is 91.0 Å². The van der Waals surface area contributed by atoms with Gasteiger partial charge in [-0.15, -0.1) is 0 Å². The zero-order valence-electron chi connectivity index (χ0n) is 25.2. The van der Waals surface area contributed by atoms with Crippen molar-refractivity contribution in [1.82, 2.24) is 32.5 Å². The lowest BCUT2D eigenvalue weighted by Gasteiger charge is -2.14. The van der Waals surface area contributed by atoms with Crippen LogP contribution in [0, 0.1) is 0 Å². The van der Waals surface area contributed by atoms with Crippen LogP contribution < -0.4 is 0 Å². The van der Waals surface area contributed by atoms with E-state index in [0.717, 1.165) is 62.2 Å². The van der Waals surface area contributed by atoms with Gasteiger partial charge in [0, 0.05) is 64.8 Å². The van der Waals surface area contributed by atoms with Crippen molar-refractivity contribution in [1.29, 1.82) is 0 Å². The number of aromatic nitrogens is 7. The summed E-state index contributed by atoms with van der Waals surface area (Å²) < 4.78 is 11.0. The largest absolute Gasteiger partial charge is 0.309 e. The Morgan fingerprint density at radius 3 is 1.57 bits per heavy atom. The van der Waals surface area contributed by atoms with Crippen LogP contribution in [0.25, 0.3) is 72.9 Å². The maximum Gasteiger partial charge on any atom is 0.219 e. The molecule has 5 heterocycles. The van der Waals surface area contributed by atoms with E-state index < -0.39 is 0 Å². The molecule has 10 aromatic rings. The topological polar surface area (TPSA) is 49.4 Å². The fourth-order valence-electron chi connectivity index (χ4n) is 7.03. The van der Waals surface area contributed by atoms with E-state index in [1.54, 1.807) is 0 Å². The summed E-state index contributed by atoms with van der Waals surface area (Å²) in [4.78, 5) is 9.48. The summed E-state index contributed by atoms with van der Waals surface area (Å²) >= 11 is 0. The zero-order valence-corrected chi connectivity index (χ0v) is 25.2. The van der Waals surface area contributed by atoms with Gasteiger partial charge in [0.1, 0.15) is 0 Å². The normalized spacial score (nSPS) is 11.8. The van der Waals surface area contributed by atoms with Crippen LogP contribution in [0.3, 0.4) is 0 Å². The second kappa shape index (κ2) is 9.95. The molecule has 0 spiro atoms. The average molecular weight is 606 g/mol. The lowest BCUT2D eigenvalue weighted by Crippen LogP contribution is -2.01. The molecule has 0 radical (unpaired) electrons. The Morgan fingerprint density at radius 2 is 0.936 bits per heavy atom. The molecule has 0 N–H and O–H groups in total. The van der Waals surface area contributed by atoms with Gasteiger partial charge in [-0.2, -0.15) is 0 Å². The fourth-order valence-corrected chi connectivity index (χ4v) is 7.03. The molecule has 0 saturated heterocycles. The number of benzene rings is 5. The first-order valence-corrected chi connectivity index (χ1v) is 15.7. The zero-order chi connectivity index (χ0) is 30.9.